The lowest BCUT2D eigenvalue weighted by Gasteiger charge is -2.22. The minimum atomic E-state index is -0.458. The summed E-state index contributed by atoms with van der Waals surface area (Å²) >= 11 is 3.36. The van der Waals surface area contributed by atoms with Crippen molar-refractivity contribution in [2.45, 2.75) is 0 Å². The number of hydrogen-bond acceptors (Lipinski definition) is 4. The molecule has 1 amide bonds. The number of Topliss-reactive ketones (excluding diaryl/α,β-unsaturated/α-hetero) is 1. The molecule has 0 radical (unpaired) electrons. The van der Waals surface area contributed by atoms with Gasteiger partial charge in [-0.05, 0) is 24.3 Å². The number of carbonyl (C=O) groups excluding carboxylic acids is 2. The lowest BCUT2D eigenvalue weighted by atomic mass is 9.96. The number of amidine groups is 1. The van der Waals surface area contributed by atoms with Crippen LogP contribution in [-0.2, 0) is 0 Å². The number of benzene rings is 2. The van der Waals surface area contributed by atoms with E-state index in [1.807, 2.05) is 24.3 Å². The van der Waals surface area contributed by atoms with Crippen LogP contribution in [0.2, 0.25) is 0 Å². The molecule has 5 nitrogen and oxygen atoms in total. The van der Waals surface area contributed by atoms with Crippen LogP contribution in [0.4, 0.5) is 0 Å². The highest BCUT2D eigenvalue weighted by atomic mass is 79.9. The van der Waals surface area contributed by atoms with Gasteiger partial charge in [0.1, 0.15) is 5.84 Å². The second-order valence-electron chi connectivity index (χ2n) is 5.58. The Morgan fingerprint density at radius 2 is 1.67 bits per heavy atom. The van der Waals surface area contributed by atoms with E-state index < -0.39 is 5.91 Å². The Hall–Kier alpha value is -2.47. The summed E-state index contributed by atoms with van der Waals surface area (Å²) in [4.78, 5) is 28.1. The van der Waals surface area contributed by atoms with Crippen molar-refractivity contribution in [1.82, 2.24) is 5.32 Å². The van der Waals surface area contributed by atoms with Crippen molar-refractivity contribution in [2.75, 3.05) is 13.1 Å². The van der Waals surface area contributed by atoms with Crippen LogP contribution >= 0.6 is 15.9 Å². The first-order chi connectivity index (χ1) is 11.5. The lowest BCUT2D eigenvalue weighted by molar-refractivity contribution is 0.0923. The molecule has 2 aromatic carbocycles. The number of primary amides is 1. The van der Waals surface area contributed by atoms with Crippen molar-refractivity contribution in [3.63, 3.8) is 0 Å². The highest BCUT2D eigenvalue weighted by molar-refractivity contribution is 9.10. The summed E-state index contributed by atoms with van der Waals surface area (Å²) in [5, 5.41) is 3.20. The molecule has 1 aliphatic heterocycles. The molecule has 1 aliphatic rings. The summed E-state index contributed by atoms with van der Waals surface area (Å²) in [6.45, 7) is 0.972. The molecule has 0 spiro atoms. The van der Waals surface area contributed by atoms with Gasteiger partial charge in [-0.15, -0.1) is 0 Å². The third-order valence-electron chi connectivity index (χ3n) is 3.93. The molecule has 1 atom stereocenters. The van der Waals surface area contributed by atoms with E-state index in [4.69, 9.17) is 5.73 Å². The van der Waals surface area contributed by atoms with E-state index in [0.717, 1.165) is 15.9 Å². The molecule has 2 aromatic rings. The summed E-state index contributed by atoms with van der Waals surface area (Å²) in [5.74, 6) is 0.174. The lowest BCUT2D eigenvalue weighted by Crippen LogP contribution is -2.39. The Morgan fingerprint density at radius 1 is 1.04 bits per heavy atom. The summed E-state index contributed by atoms with van der Waals surface area (Å²) in [7, 11) is 0. The first-order valence-electron chi connectivity index (χ1n) is 7.53. The van der Waals surface area contributed by atoms with Crippen molar-refractivity contribution in [3.8, 4) is 0 Å². The van der Waals surface area contributed by atoms with Gasteiger partial charge < -0.3 is 11.1 Å². The maximum Gasteiger partial charge on any atom is 0.248 e. The summed E-state index contributed by atoms with van der Waals surface area (Å²) in [5.41, 5.74) is 7.25. The Balaban J connectivity index is 1.70. The highest BCUT2D eigenvalue weighted by Crippen LogP contribution is 2.16. The Bertz CT molecular complexity index is 798. The average molecular weight is 386 g/mol. The molecule has 6 heteroatoms. The maximum atomic E-state index is 12.5. The monoisotopic (exact) mass is 385 g/mol. The zero-order valence-corrected chi connectivity index (χ0v) is 14.4. The predicted octanol–water partition coefficient (Wildman–Crippen LogP) is 2.40. The van der Waals surface area contributed by atoms with E-state index in [9.17, 15) is 9.59 Å². The van der Waals surface area contributed by atoms with Gasteiger partial charge in [0.05, 0.1) is 12.5 Å². The topological polar surface area (TPSA) is 84.6 Å². The number of amides is 1. The van der Waals surface area contributed by atoms with Gasteiger partial charge in [0.15, 0.2) is 5.78 Å². The average Bonchev–Trinajstić information content (AvgIpc) is 2.62. The highest BCUT2D eigenvalue weighted by Gasteiger charge is 2.23. The largest absolute Gasteiger partial charge is 0.369 e. The van der Waals surface area contributed by atoms with Crippen LogP contribution in [-0.4, -0.2) is 30.6 Å². The third-order valence-corrected chi connectivity index (χ3v) is 4.46. The minimum absolute atomic E-state index is 0.0851. The maximum absolute atomic E-state index is 12.5. The number of nitrogens with zero attached hydrogens (tertiary/aromatic N) is 1. The van der Waals surface area contributed by atoms with Crippen LogP contribution in [0.25, 0.3) is 0 Å². The number of aliphatic imine (C=N–C) groups is 1. The van der Waals surface area contributed by atoms with Crippen LogP contribution in [0, 0.1) is 5.92 Å². The summed E-state index contributed by atoms with van der Waals surface area (Å²) in [6.07, 6.45) is 0. The minimum Gasteiger partial charge on any atom is -0.369 e. The van der Waals surface area contributed by atoms with Gasteiger partial charge in [-0.3, -0.25) is 14.6 Å². The van der Waals surface area contributed by atoms with Crippen LogP contribution in [0.1, 0.15) is 26.3 Å². The molecule has 0 saturated heterocycles. The molecule has 3 N–H and O–H groups in total. The van der Waals surface area contributed by atoms with Gasteiger partial charge in [0.2, 0.25) is 5.91 Å². The van der Waals surface area contributed by atoms with E-state index in [1.54, 1.807) is 24.3 Å². The Morgan fingerprint density at radius 3 is 2.21 bits per heavy atom. The van der Waals surface area contributed by atoms with Gasteiger partial charge in [0, 0.05) is 27.7 Å². The van der Waals surface area contributed by atoms with Crippen LogP contribution in [0.5, 0.6) is 0 Å². The van der Waals surface area contributed by atoms with Gasteiger partial charge >= 0.3 is 0 Å². The number of nitrogens with one attached hydrogen (secondary N) is 1. The number of rotatable bonds is 4. The molecule has 122 valence electrons. The number of ketones is 1. The van der Waals surface area contributed by atoms with Gasteiger partial charge in [-0.2, -0.15) is 0 Å². The normalized spacial score (nSPS) is 16.9. The number of carbonyl (C=O) groups is 2. The molecule has 0 aromatic heterocycles. The number of hydrogen-bond donors (Lipinski definition) is 2. The van der Waals surface area contributed by atoms with E-state index in [2.05, 4.69) is 26.2 Å². The zero-order chi connectivity index (χ0) is 17.1. The second-order valence-corrected chi connectivity index (χ2v) is 6.50. The Kier molecular flexibility index (Phi) is 4.76. The zero-order valence-electron chi connectivity index (χ0n) is 12.8. The number of halogens is 1. The number of nitrogens with two attached hydrogens (primary N) is 1. The van der Waals surface area contributed by atoms with Crippen molar-refractivity contribution in [1.29, 1.82) is 0 Å². The fourth-order valence-electron chi connectivity index (χ4n) is 2.55. The predicted molar refractivity (Wildman–Crippen MR) is 96.3 cm³/mol. The van der Waals surface area contributed by atoms with E-state index in [1.165, 1.54) is 0 Å². The molecular weight excluding hydrogens is 370 g/mol. The molecule has 24 heavy (non-hydrogen) atoms. The van der Waals surface area contributed by atoms with Crippen molar-refractivity contribution in [2.24, 2.45) is 16.6 Å². The quantitative estimate of drug-likeness (QED) is 0.792. The van der Waals surface area contributed by atoms with Crippen molar-refractivity contribution >= 4 is 33.5 Å². The van der Waals surface area contributed by atoms with Gasteiger partial charge in [-0.1, -0.05) is 40.2 Å². The molecule has 1 unspecified atom stereocenters. The molecule has 0 aliphatic carbocycles. The van der Waals surface area contributed by atoms with Crippen LogP contribution in [0.15, 0.2) is 58.0 Å². The first kappa shape index (κ1) is 16.4. The summed E-state index contributed by atoms with van der Waals surface area (Å²) in [6, 6.07) is 14.3. The van der Waals surface area contributed by atoms with E-state index >= 15 is 0 Å². The summed E-state index contributed by atoms with van der Waals surface area (Å²) < 4.78 is 0.945. The standard InChI is InChI=1S/C18H16BrN3O2/c19-15-7-5-11(6-8-15)16(23)14-9-21-18(22-10-14)13-3-1-12(2-4-13)17(20)24/h1-8,14H,9-10H2,(H2,20,24)(H,21,22). The molecule has 3 rings (SSSR count). The molecule has 0 saturated carbocycles. The fourth-order valence-corrected chi connectivity index (χ4v) is 2.82. The molecule has 0 fully saturated rings. The molecule has 0 bridgehead atoms. The third kappa shape index (κ3) is 3.54. The van der Waals surface area contributed by atoms with E-state index in [-0.39, 0.29) is 11.7 Å². The van der Waals surface area contributed by atoms with Crippen LogP contribution < -0.4 is 11.1 Å². The smallest absolute Gasteiger partial charge is 0.248 e. The fraction of sp³-hybridized carbons (Fsp3) is 0.167. The Labute approximate surface area is 148 Å². The molecule has 1 heterocycles. The van der Waals surface area contributed by atoms with E-state index in [0.29, 0.717) is 24.2 Å². The van der Waals surface area contributed by atoms with Crippen molar-refractivity contribution < 1.29 is 9.59 Å². The molecular formula is C18H16BrN3O2. The van der Waals surface area contributed by atoms with Gasteiger partial charge in [-0.25, -0.2) is 0 Å². The van der Waals surface area contributed by atoms with Crippen molar-refractivity contribution in [3.05, 3.63) is 69.7 Å². The van der Waals surface area contributed by atoms with Gasteiger partial charge in [0.25, 0.3) is 0 Å². The second kappa shape index (κ2) is 6.97. The first-order valence-corrected chi connectivity index (χ1v) is 8.32. The SMILES string of the molecule is NC(=O)c1ccc(C2=NCC(C(=O)c3ccc(Br)cc3)CN2)cc1. The van der Waals surface area contributed by atoms with Crippen LogP contribution in [0.3, 0.4) is 0 Å².